The quantitative estimate of drug-likeness (QED) is 0.0758. The van der Waals surface area contributed by atoms with Gasteiger partial charge < -0.3 is 8.47 Å². The minimum atomic E-state index is -4.36. The molecule has 18 aromatic carbocycles. The number of fused-ring (bicyclic) bond motifs is 6. The highest BCUT2D eigenvalue weighted by Crippen LogP contribution is 2.45. The third-order valence-electron chi connectivity index (χ3n) is 23.8. The number of hydrogen-bond acceptors (Lipinski definition) is 0. The molecule has 20 aromatic rings. The number of hydrogen-bond donors (Lipinski definition) is 0. The topological polar surface area (TPSA) is 9.86 Å². The van der Waals surface area contributed by atoms with Gasteiger partial charge in [0.2, 0.25) is 15.5 Å². The Bertz CT molecular complexity index is 6160. The number of aromatic nitrogens is 2. The number of para-hydroxylation sites is 2. The van der Waals surface area contributed by atoms with Crippen molar-refractivity contribution in [2.75, 3.05) is 0 Å². The number of nitrogens with zero attached hydrogens (tertiary/aromatic N) is 2. The van der Waals surface area contributed by atoms with Crippen LogP contribution in [0.5, 0.6) is 0 Å². The van der Waals surface area contributed by atoms with E-state index in [1.165, 1.54) is 141 Å². The summed E-state index contributed by atoms with van der Waals surface area (Å²) in [6, 6.07) is 183. The van der Waals surface area contributed by atoms with Crippen LogP contribution < -0.4 is 31.1 Å². The SMILES string of the molecule is c1ccc(-c2ccc(-c3ccc4c(c3)c3ccccc3n4[Si](c3ccc(-c4ccccc4)cc3)(c3ccc(-c4ccccc4)cc3)[Si](c3ccccc3)(c3ccccc3)[Si](c3ccc(-c4ccccc4)cc3)(c3ccc(-c4ccccc4)cc3)n3c4ccccc4c4cc(-c5ccc(-c6ccccc6)cc5)ccc43)cc2)cc1. The van der Waals surface area contributed by atoms with Gasteiger partial charge in [-0.2, -0.15) is 0 Å². The average molecular weight is 1490 g/mol. The van der Waals surface area contributed by atoms with Crippen molar-refractivity contribution in [1.29, 1.82) is 0 Å². The first-order chi connectivity index (χ1) is 56.0. The lowest BCUT2D eigenvalue weighted by molar-refractivity contribution is 1.30. The van der Waals surface area contributed by atoms with Crippen LogP contribution in [0, 0.1) is 0 Å². The Morgan fingerprint density at radius 3 is 0.549 bits per heavy atom. The molecule has 0 N–H and O–H groups in total. The van der Waals surface area contributed by atoms with Crippen molar-refractivity contribution in [2.45, 2.75) is 0 Å². The van der Waals surface area contributed by atoms with Gasteiger partial charge in [0.05, 0.1) is 0 Å². The zero-order chi connectivity index (χ0) is 75.1. The van der Waals surface area contributed by atoms with Crippen molar-refractivity contribution in [3.8, 4) is 89.0 Å². The average Bonchev–Trinajstić information content (AvgIpc) is 1.64. The minimum absolute atomic E-state index is 1.16. The van der Waals surface area contributed by atoms with E-state index in [1.54, 1.807) is 0 Å². The van der Waals surface area contributed by atoms with Gasteiger partial charge in [0.1, 0.15) is 0 Å². The molecule has 0 aliphatic carbocycles. The van der Waals surface area contributed by atoms with Gasteiger partial charge in [-0.15, -0.1) is 0 Å². The number of rotatable bonds is 18. The van der Waals surface area contributed by atoms with Crippen LogP contribution in [0.2, 0.25) is 0 Å². The third-order valence-corrected chi connectivity index (χ3v) is 56.6. The van der Waals surface area contributed by atoms with Crippen LogP contribution >= 0.6 is 0 Å². The maximum absolute atomic E-state index is 4.36. The first-order valence-corrected chi connectivity index (χ1v) is 47.1. The predicted molar refractivity (Wildman–Crippen MR) is 487 cm³/mol. The van der Waals surface area contributed by atoms with Gasteiger partial charge in [0, 0.05) is 43.6 Å². The molecular weight excluding hydrogens is 1410 g/mol. The van der Waals surface area contributed by atoms with Gasteiger partial charge >= 0.3 is 0 Å². The molecule has 0 aliphatic rings. The highest BCUT2D eigenvalue weighted by molar-refractivity contribution is 7.85. The van der Waals surface area contributed by atoms with Gasteiger partial charge in [-0.05, 0) is 146 Å². The molecule has 0 bridgehead atoms. The highest BCUT2D eigenvalue weighted by Gasteiger charge is 2.75. The summed E-state index contributed by atoms with van der Waals surface area (Å²) in [5, 5.41) is 12.8. The van der Waals surface area contributed by atoms with Gasteiger partial charge in [0.15, 0.2) is 7.11 Å². The normalized spacial score (nSPS) is 11.9. The Labute approximate surface area is 663 Å². The van der Waals surface area contributed by atoms with Crippen molar-refractivity contribution in [1.82, 2.24) is 8.47 Å². The van der Waals surface area contributed by atoms with Gasteiger partial charge in [-0.1, -0.05) is 447 Å². The summed E-state index contributed by atoms with van der Waals surface area (Å²) in [5.74, 6) is 0. The fourth-order valence-electron chi connectivity index (χ4n) is 18.8. The maximum atomic E-state index is 3.06. The van der Waals surface area contributed by atoms with Crippen molar-refractivity contribution >= 4 is 97.3 Å². The molecule has 0 unspecified atom stereocenters. The highest BCUT2D eigenvalue weighted by atomic mass is 29.6. The molecule has 0 amide bonds. The number of benzene rings is 18. The van der Waals surface area contributed by atoms with E-state index in [2.05, 4.69) is 482 Å². The molecule has 2 heterocycles. The predicted octanol–water partition coefficient (Wildman–Crippen LogP) is 23.6. The van der Waals surface area contributed by atoms with Gasteiger partial charge in [0.25, 0.3) is 0 Å². The van der Waals surface area contributed by atoms with Crippen molar-refractivity contribution in [2.24, 2.45) is 0 Å². The fraction of sp³-hybridized carbons (Fsp3) is 0. The van der Waals surface area contributed by atoms with Gasteiger partial charge in [-0.3, -0.25) is 0 Å². The molecule has 0 radical (unpaired) electrons. The molecule has 0 spiro atoms. The van der Waals surface area contributed by atoms with E-state index in [0.29, 0.717) is 0 Å². The molecule has 2 aromatic heterocycles. The van der Waals surface area contributed by atoms with E-state index in [-0.39, 0.29) is 0 Å². The summed E-state index contributed by atoms with van der Waals surface area (Å²) in [6.45, 7) is 0. The molecule has 20 rings (SSSR count). The summed E-state index contributed by atoms with van der Waals surface area (Å²) in [5.41, 5.74) is 23.6. The summed E-state index contributed by atoms with van der Waals surface area (Å²) < 4.78 is 6.12. The van der Waals surface area contributed by atoms with Crippen LogP contribution in [0.1, 0.15) is 0 Å². The van der Waals surface area contributed by atoms with Gasteiger partial charge in [-0.25, -0.2) is 0 Å². The lowest BCUT2D eigenvalue weighted by Gasteiger charge is -2.59. The molecule has 0 aliphatic heterocycles. The molecule has 113 heavy (non-hydrogen) atoms. The van der Waals surface area contributed by atoms with E-state index < -0.39 is 22.6 Å². The van der Waals surface area contributed by atoms with Crippen LogP contribution in [0.15, 0.2) is 473 Å². The Morgan fingerprint density at radius 1 is 0.124 bits per heavy atom. The Kier molecular flexibility index (Phi) is 17.7. The summed E-state index contributed by atoms with van der Waals surface area (Å²) in [6.07, 6.45) is 0. The molecule has 5 heteroatoms. The Hall–Kier alpha value is -13.8. The first-order valence-electron chi connectivity index (χ1n) is 39.2. The maximum Gasteiger partial charge on any atom is 0.222 e. The van der Waals surface area contributed by atoms with Crippen molar-refractivity contribution < 1.29 is 0 Å². The van der Waals surface area contributed by atoms with Crippen molar-refractivity contribution in [3.63, 3.8) is 0 Å². The van der Waals surface area contributed by atoms with Crippen LogP contribution in [-0.2, 0) is 0 Å². The summed E-state index contributed by atoms with van der Waals surface area (Å²) >= 11 is 0. The smallest absolute Gasteiger partial charge is 0.222 e. The minimum Gasteiger partial charge on any atom is -0.361 e. The van der Waals surface area contributed by atoms with Crippen LogP contribution in [0.3, 0.4) is 0 Å². The largest absolute Gasteiger partial charge is 0.361 e. The lowest BCUT2D eigenvalue weighted by atomic mass is 9.99. The summed E-state index contributed by atoms with van der Waals surface area (Å²) in [7, 11) is -13.0. The van der Waals surface area contributed by atoms with Crippen LogP contribution in [0.25, 0.3) is 133 Å². The molecular formula is C108H78N2Si3. The Morgan fingerprint density at radius 2 is 0.301 bits per heavy atom. The first kappa shape index (κ1) is 68.5. The van der Waals surface area contributed by atoms with Crippen LogP contribution in [0.4, 0.5) is 0 Å². The lowest BCUT2D eigenvalue weighted by Crippen LogP contribution is -3.02. The molecule has 0 saturated heterocycles. The zero-order valence-electron chi connectivity index (χ0n) is 62.4. The molecule has 532 valence electrons. The van der Waals surface area contributed by atoms with E-state index in [1.807, 2.05) is 0 Å². The van der Waals surface area contributed by atoms with E-state index >= 15 is 0 Å². The van der Waals surface area contributed by atoms with E-state index in [0.717, 1.165) is 22.3 Å². The van der Waals surface area contributed by atoms with E-state index in [4.69, 9.17) is 0 Å². The standard InChI is InChI=1S/C108H78N2Si3/c1-9-29-79(30-10-1)85-49-53-91(54-50-85)93-65-75-107-103(77-93)101-45-25-27-47-105(101)109(107)111(95-67-57-87(58-68-95)81-33-13-3-14-34-81,96-69-59-88(60-70-96)82-35-15-4-16-36-82)113(99-41-21-7-22-42-99,100-43-23-8-24-44-100)112(97-71-61-89(62-72-97)83-37-17-5-18-38-83,98-73-63-90(64-74-98)84-39-19-6-20-40-84)110-106-48-28-26-46-102(106)104-78-94(66-76-108(104)110)92-55-51-86(52-56-92)80-31-11-2-12-32-80/h1-78H. The molecule has 2 nitrogen and oxygen atoms in total. The van der Waals surface area contributed by atoms with Crippen molar-refractivity contribution in [3.05, 3.63) is 473 Å². The second kappa shape index (κ2) is 29.2. The fourth-order valence-corrected chi connectivity index (χ4v) is 62.8. The molecule has 0 fully saturated rings. The van der Waals surface area contributed by atoms with Crippen LogP contribution in [-0.4, -0.2) is 31.1 Å². The second-order valence-electron chi connectivity index (χ2n) is 29.7. The summed E-state index contributed by atoms with van der Waals surface area (Å²) in [4.78, 5) is 0. The monoisotopic (exact) mass is 1490 g/mol. The molecule has 0 saturated carbocycles. The Balaban J connectivity index is 1.02. The molecule has 0 atom stereocenters. The zero-order valence-corrected chi connectivity index (χ0v) is 65.4. The third kappa shape index (κ3) is 11.6. The van der Waals surface area contributed by atoms with E-state index in [9.17, 15) is 0 Å². The second-order valence-corrected chi connectivity index (χ2v) is 48.8.